The van der Waals surface area contributed by atoms with Crippen LogP contribution in [0.1, 0.15) is 17.3 Å². The SMILES string of the molecule is CCOC(=O)N/C=C/C(=O)c1cccc(NC(=S)Nc2ccc(S(=O)(=O)Nc3ccccn3)cc2)c1. The Kier molecular flexibility index (Phi) is 9.08. The summed E-state index contributed by atoms with van der Waals surface area (Å²) in [5.41, 5.74) is 1.49. The number of carbonyl (C=O) groups is 2. The molecule has 186 valence electrons. The molecule has 0 radical (unpaired) electrons. The highest BCUT2D eigenvalue weighted by atomic mass is 32.2. The van der Waals surface area contributed by atoms with Crippen molar-refractivity contribution in [3.05, 3.63) is 90.8 Å². The number of amides is 1. The lowest BCUT2D eigenvalue weighted by atomic mass is 10.1. The van der Waals surface area contributed by atoms with Crippen molar-refractivity contribution in [2.45, 2.75) is 11.8 Å². The van der Waals surface area contributed by atoms with Gasteiger partial charge in [-0.25, -0.2) is 18.2 Å². The number of ketones is 1. The van der Waals surface area contributed by atoms with E-state index >= 15 is 0 Å². The predicted molar refractivity (Wildman–Crippen MR) is 141 cm³/mol. The second-order valence-corrected chi connectivity index (χ2v) is 9.16. The molecule has 1 aromatic heterocycles. The van der Waals surface area contributed by atoms with Gasteiger partial charge in [-0.05, 0) is 67.7 Å². The molecule has 36 heavy (non-hydrogen) atoms. The average Bonchev–Trinajstić information content (AvgIpc) is 2.85. The second kappa shape index (κ2) is 12.4. The van der Waals surface area contributed by atoms with Gasteiger partial charge in [0.25, 0.3) is 10.0 Å². The summed E-state index contributed by atoms with van der Waals surface area (Å²) in [4.78, 5) is 27.6. The van der Waals surface area contributed by atoms with Crippen LogP contribution >= 0.6 is 12.2 Å². The summed E-state index contributed by atoms with van der Waals surface area (Å²) in [6, 6.07) is 17.6. The smallest absolute Gasteiger partial charge is 0.411 e. The van der Waals surface area contributed by atoms with Crippen LogP contribution in [-0.2, 0) is 14.8 Å². The fraction of sp³-hybridized carbons (Fsp3) is 0.0833. The number of pyridine rings is 1. The average molecular weight is 526 g/mol. The van der Waals surface area contributed by atoms with E-state index in [9.17, 15) is 18.0 Å². The van der Waals surface area contributed by atoms with Crippen molar-refractivity contribution >= 4 is 56.4 Å². The minimum Gasteiger partial charge on any atom is -0.450 e. The Balaban J connectivity index is 1.57. The fourth-order valence-electron chi connectivity index (χ4n) is 2.84. The standard InChI is InChI=1S/C24H23N5O5S2/c1-2-34-24(31)26-15-13-21(30)17-6-5-7-19(16-17)28-23(35)27-18-9-11-20(12-10-18)36(32,33)29-22-8-3-4-14-25-22/h3-16H,2H2,1H3,(H,25,29)(H,26,31)(H2,27,28,35)/b15-13+. The largest absolute Gasteiger partial charge is 0.450 e. The summed E-state index contributed by atoms with van der Waals surface area (Å²) >= 11 is 5.32. The van der Waals surface area contributed by atoms with Crippen LogP contribution in [0, 0.1) is 0 Å². The van der Waals surface area contributed by atoms with Crippen LogP contribution in [0.4, 0.5) is 22.0 Å². The zero-order valence-corrected chi connectivity index (χ0v) is 20.7. The lowest BCUT2D eigenvalue weighted by Crippen LogP contribution is -2.19. The third kappa shape index (κ3) is 7.89. The third-order valence-electron chi connectivity index (χ3n) is 4.44. The lowest BCUT2D eigenvalue weighted by molar-refractivity contribution is 0.104. The molecule has 10 nitrogen and oxygen atoms in total. The molecule has 3 aromatic rings. The monoisotopic (exact) mass is 525 g/mol. The van der Waals surface area contributed by atoms with Crippen LogP contribution in [0.5, 0.6) is 0 Å². The van der Waals surface area contributed by atoms with Gasteiger partial charge in [-0.15, -0.1) is 0 Å². The zero-order valence-electron chi connectivity index (χ0n) is 19.1. The van der Waals surface area contributed by atoms with Crippen LogP contribution in [0.25, 0.3) is 0 Å². The molecule has 3 rings (SSSR count). The van der Waals surface area contributed by atoms with Crippen molar-refractivity contribution in [2.75, 3.05) is 22.0 Å². The van der Waals surface area contributed by atoms with Gasteiger partial charge in [0.15, 0.2) is 10.9 Å². The van der Waals surface area contributed by atoms with E-state index in [1.54, 1.807) is 61.5 Å². The van der Waals surface area contributed by atoms with Crippen LogP contribution in [-0.4, -0.2) is 37.0 Å². The van der Waals surface area contributed by atoms with E-state index in [1.165, 1.54) is 30.6 Å². The van der Waals surface area contributed by atoms with Gasteiger partial charge in [-0.2, -0.15) is 0 Å². The quantitative estimate of drug-likeness (QED) is 0.184. The Morgan fingerprint density at radius 1 is 1.00 bits per heavy atom. The number of allylic oxidation sites excluding steroid dienone is 1. The summed E-state index contributed by atoms with van der Waals surface area (Å²) in [6.45, 7) is 1.90. The predicted octanol–water partition coefficient (Wildman–Crippen LogP) is 4.13. The Hall–Kier alpha value is -4.29. The molecule has 0 saturated carbocycles. The van der Waals surface area contributed by atoms with Crippen LogP contribution in [0.3, 0.4) is 0 Å². The lowest BCUT2D eigenvalue weighted by Gasteiger charge is -2.12. The Labute approximate surface area is 213 Å². The number of hydrogen-bond donors (Lipinski definition) is 4. The number of alkyl carbamates (subject to hydrolysis) is 1. The molecule has 0 aliphatic rings. The van der Waals surface area contributed by atoms with Gasteiger partial charge in [0.1, 0.15) is 5.82 Å². The first kappa shape index (κ1) is 26.3. The van der Waals surface area contributed by atoms with Crippen molar-refractivity contribution in [1.82, 2.24) is 10.3 Å². The van der Waals surface area contributed by atoms with Crippen molar-refractivity contribution in [1.29, 1.82) is 0 Å². The number of thiocarbonyl (C=S) groups is 1. The fourth-order valence-corrected chi connectivity index (χ4v) is 4.08. The highest BCUT2D eigenvalue weighted by Gasteiger charge is 2.14. The molecule has 4 N–H and O–H groups in total. The first-order chi connectivity index (χ1) is 17.3. The van der Waals surface area contributed by atoms with Gasteiger partial charge >= 0.3 is 6.09 Å². The van der Waals surface area contributed by atoms with Gasteiger partial charge in [-0.1, -0.05) is 18.2 Å². The molecule has 0 bridgehead atoms. The minimum absolute atomic E-state index is 0.0642. The Morgan fingerprint density at radius 3 is 2.44 bits per heavy atom. The minimum atomic E-state index is -3.79. The number of anilines is 3. The number of nitrogens with zero attached hydrogens (tertiary/aromatic N) is 1. The van der Waals surface area contributed by atoms with Crippen molar-refractivity contribution < 1.29 is 22.7 Å². The number of sulfonamides is 1. The summed E-state index contributed by atoms with van der Waals surface area (Å²) in [6.07, 6.45) is 3.26. The molecule has 0 unspecified atom stereocenters. The number of benzene rings is 2. The van der Waals surface area contributed by atoms with Gasteiger partial charge in [-0.3, -0.25) is 14.8 Å². The summed E-state index contributed by atoms with van der Waals surface area (Å²) in [7, 11) is -3.79. The Morgan fingerprint density at radius 2 is 1.75 bits per heavy atom. The molecule has 0 aliphatic heterocycles. The molecule has 0 fully saturated rings. The Bertz CT molecular complexity index is 1360. The maximum Gasteiger partial charge on any atom is 0.411 e. The molecule has 12 heteroatoms. The number of carbonyl (C=O) groups excluding carboxylic acids is 2. The second-order valence-electron chi connectivity index (χ2n) is 7.07. The molecule has 0 atom stereocenters. The summed E-state index contributed by atoms with van der Waals surface area (Å²) in [5, 5.41) is 8.50. The number of hydrogen-bond acceptors (Lipinski definition) is 7. The van der Waals surface area contributed by atoms with Crippen LogP contribution in [0.15, 0.2) is 90.1 Å². The number of ether oxygens (including phenoxy) is 1. The molecule has 2 aromatic carbocycles. The molecule has 0 spiro atoms. The van der Waals surface area contributed by atoms with E-state index in [2.05, 4.69) is 25.7 Å². The van der Waals surface area contributed by atoms with E-state index in [4.69, 9.17) is 17.0 Å². The summed E-state index contributed by atoms with van der Waals surface area (Å²) < 4.78 is 32.2. The van der Waals surface area contributed by atoms with E-state index in [1.807, 2.05) is 0 Å². The highest BCUT2D eigenvalue weighted by Crippen LogP contribution is 2.18. The number of rotatable bonds is 9. The summed E-state index contributed by atoms with van der Waals surface area (Å²) in [5.74, 6) is -0.109. The van der Waals surface area contributed by atoms with Gasteiger partial charge < -0.3 is 15.4 Å². The molecular formula is C24H23N5O5S2. The third-order valence-corrected chi connectivity index (χ3v) is 6.02. The van der Waals surface area contributed by atoms with Gasteiger partial charge in [0.2, 0.25) is 0 Å². The highest BCUT2D eigenvalue weighted by molar-refractivity contribution is 7.92. The van der Waals surface area contributed by atoms with Crippen molar-refractivity contribution in [3.63, 3.8) is 0 Å². The van der Waals surface area contributed by atoms with Crippen LogP contribution < -0.4 is 20.7 Å². The van der Waals surface area contributed by atoms with E-state index < -0.39 is 16.1 Å². The first-order valence-electron chi connectivity index (χ1n) is 10.6. The molecule has 0 saturated heterocycles. The topological polar surface area (TPSA) is 139 Å². The molecule has 1 amide bonds. The zero-order chi connectivity index (χ0) is 26.0. The number of nitrogens with one attached hydrogen (secondary N) is 4. The van der Waals surface area contributed by atoms with Crippen molar-refractivity contribution in [3.8, 4) is 0 Å². The van der Waals surface area contributed by atoms with E-state index in [0.717, 1.165) is 0 Å². The van der Waals surface area contributed by atoms with Gasteiger partial charge in [0.05, 0.1) is 11.5 Å². The van der Waals surface area contributed by atoms with Crippen molar-refractivity contribution in [2.24, 2.45) is 0 Å². The number of aromatic nitrogens is 1. The maximum atomic E-state index is 12.5. The molecule has 1 heterocycles. The maximum absolute atomic E-state index is 12.5. The van der Waals surface area contributed by atoms with E-state index in [0.29, 0.717) is 16.9 Å². The normalized spacial score (nSPS) is 10.9. The van der Waals surface area contributed by atoms with Crippen LogP contribution in [0.2, 0.25) is 0 Å². The van der Waals surface area contributed by atoms with Gasteiger partial charge in [0, 0.05) is 35.4 Å². The first-order valence-corrected chi connectivity index (χ1v) is 12.5. The van der Waals surface area contributed by atoms with E-state index in [-0.39, 0.29) is 28.2 Å². The molecule has 0 aliphatic carbocycles. The molecular weight excluding hydrogens is 502 g/mol.